The summed E-state index contributed by atoms with van der Waals surface area (Å²) in [5.74, 6) is 1.01. The Morgan fingerprint density at radius 1 is 0.852 bits per heavy atom. The summed E-state index contributed by atoms with van der Waals surface area (Å²) in [6, 6.07) is 7.85. The van der Waals surface area contributed by atoms with E-state index in [1.807, 2.05) is 29.2 Å². The van der Waals surface area contributed by atoms with Crippen molar-refractivity contribution in [3.05, 3.63) is 34.9 Å². The molecule has 5 heteroatoms. The van der Waals surface area contributed by atoms with E-state index >= 15 is 0 Å². The molecule has 146 valence electrons. The first kappa shape index (κ1) is 18.8. The molecule has 4 nitrogen and oxygen atoms in total. The Hall–Kier alpha value is -1.55. The fraction of sp³-hybridized carbons (Fsp3) is 0.636. The fourth-order valence-electron chi connectivity index (χ4n) is 4.72. The van der Waals surface area contributed by atoms with Crippen LogP contribution < -0.4 is 0 Å². The lowest BCUT2D eigenvalue weighted by Gasteiger charge is -2.34. The monoisotopic (exact) mass is 388 g/mol. The zero-order valence-corrected chi connectivity index (χ0v) is 16.7. The highest BCUT2D eigenvalue weighted by Crippen LogP contribution is 2.50. The molecule has 3 fully saturated rings. The highest BCUT2D eigenvalue weighted by Gasteiger charge is 2.47. The Bertz CT molecular complexity index is 691. The van der Waals surface area contributed by atoms with Crippen molar-refractivity contribution in [3.63, 3.8) is 0 Å². The zero-order chi connectivity index (χ0) is 18.8. The van der Waals surface area contributed by atoms with E-state index in [2.05, 4.69) is 4.90 Å². The molecule has 0 spiro atoms. The molecule has 2 amide bonds. The number of hydrogen-bond acceptors (Lipinski definition) is 2. The van der Waals surface area contributed by atoms with Gasteiger partial charge in [-0.1, -0.05) is 42.6 Å². The van der Waals surface area contributed by atoms with E-state index in [4.69, 9.17) is 11.6 Å². The average molecular weight is 389 g/mol. The van der Waals surface area contributed by atoms with Gasteiger partial charge in [0.1, 0.15) is 0 Å². The number of nitrogens with zero attached hydrogens (tertiary/aromatic N) is 2. The number of carbonyl (C=O) groups is 2. The van der Waals surface area contributed by atoms with Gasteiger partial charge in [-0.05, 0) is 49.7 Å². The second kappa shape index (κ2) is 8.22. The summed E-state index contributed by atoms with van der Waals surface area (Å²) in [6.07, 6.45) is 7.27. The number of hydrogen-bond donors (Lipinski definition) is 0. The minimum atomic E-state index is 0.0720. The maximum absolute atomic E-state index is 12.9. The van der Waals surface area contributed by atoms with Crippen molar-refractivity contribution < 1.29 is 9.59 Å². The molecule has 3 aliphatic rings. The van der Waals surface area contributed by atoms with Crippen LogP contribution >= 0.6 is 11.6 Å². The highest BCUT2D eigenvalue weighted by molar-refractivity contribution is 6.31. The van der Waals surface area contributed by atoms with E-state index in [1.54, 1.807) is 0 Å². The van der Waals surface area contributed by atoms with Crippen molar-refractivity contribution in [2.45, 2.75) is 50.9 Å². The Balaban J connectivity index is 1.29. The average Bonchev–Trinajstić information content (AvgIpc) is 3.51. The molecule has 4 rings (SSSR count). The van der Waals surface area contributed by atoms with E-state index in [0.29, 0.717) is 5.91 Å². The first-order valence-corrected chi connectivity index (χ1v) is 10.8. The summed E-state index contributed by atoms with van der Waals surface area (Å²) >= 11 is 6.29. The first-order valence-electron chi connectivity index (χ1n) is 10.5. The molecule has 0 radical (unpaired) electrons. The van der Waals surface area contributed by atoms with Gasteiger partial charge < -0.3 is 9.80 Å². The third-order valence-electron chi connectivity index (χ3n) is 6.49. The summed E-state index contributed by atoms with van der Waals surface area (Å²) in [7, 11) is 0. The molecule has 1 aromatic carbocycles. The second-order valence-electron chi connectivity index (χ2n) is 8.31. The largest absolute Gasteiger partial charge is 0.342 e. The molecule has 2 atom stereocenters. The van der Waals surface area contributed by atoms with Crippen LogP contribution in [0.4, 0.5) is 0 Å². The number of likely N-dealkylation sites (tertiary alicyclic amines) is 2. The quantitative estimate of drug-likeness (QED) is 0.782. The molecule has 0 bridgehead atoms. The molecular formula is C22H29ClN2O2. The lowest BCUT2D eigenvalue weighted by atomic mass is 9.94. The zero-order valence-electron chi connectivity index (χ0n) is 15.9. The van der Waals surface area contributed by atoms with Gasteiger partial charge in [0.05, 0.1) is 0 Å². The summed E-state index contributed by atoms with van der Waals surface area (Å²) < 4.78 is 0. The van der Waals surface area contributed by atoms with Gasteiger partial charge in [-0.3, -0.25) is 9.59 Å². The van der Waals surface area contributed by atoms with Gasteiger partial charge in [0.2, 0.25) is 11.8 Å². The summed E-state index contributed by atoms with van der Waals surface area (Å²) in [5.41, 5.74) is 1.10. The maximum Gasteiger partial charge on any atom is 0.226 e. The van der Waals surface area contributed by atoms with E-state index < -0.39 is 0 Å². The van der Waals surface area contributed by atoms with Gasteiger partial charge in [0.25, 0.3) is 0 Å². The minimum Gasteiger partial charge on any atom is -0.342 e. The van der Waals surface area contributed by atoms with Crippen LogP contribution in [0.2, 0.25) is 5.02 Å². The highest BCUT2D eigenvalue weighted by atomic mass is 35.5. The van der Waals surface area contributed by atoms with Crippen molar-refractivity contribution in [1.29, 1.82) is 0 Å². The Morgan fingerprint density at radius 3 is 2.15 bits per heavy atom. The topological polar surface area (TPSA) is 40.6 Å². The molecular weight excluding hydrogens is 360 g/mol. The van der Waals surface area contributed by atoms with Crippen LogP contribution in [0.1, 0.15) is 56.4 Å². The van der Waals surface area contributed by atoms with Crippen LogP contribution in [-0.2, 0) is 9.59 Å². The van der Waals surface area contributed by atoms with Crippen molar-refractivity contribution in [3.8, 4) is 0 Å². The second-order valence-corrected chi connectivity index (χ2v) is 8.72. The number of halogens is 1. The molecule has 0 aromatic heterocycles. The Morgan fingerprint density at radius 2 is 1.48 bits per heavy atom. The van der Waals surface area contributed by atoms with Crippen molar-refractivity contribution in [2.24, 2.45) is 11.8 Å². The number of rotatable bonds is 3. The van der Waals surface area contributed by atoms with Crippen LogP contribution in [0.3, 0.4) is 0 Å². The predicted molar refractivity (Wildman–Crippen MR) is 107 cm³/mol. The van der Waals surface area contributed by atoms with E-state index in [9.17, 15) is 9.59 Å². The molecule has 1 aromatic rings. The normalized spacial score (nSPS) is 26.6. The SMILES string of the molecule is O=C(C1CCN(C(=O)C2CC2c2ccccc2Cl)CC1)N1CCCCCC1. The molecule has 2 unspecified atom stereocenters. The van der Waals surface area contributed by atoms with Crippen LogP contribution in [0.15, 0.2) is 24.3 Å². The summed E-state index contributed by atoms with van der Waals surface area (Å²) in [4.78, 5) is 29.7. The van der Waals surface area contributed by atoms with Crippen LogP contribution in [-0.4, -0.2) is 47.8 Å². The molecule has 27 heavy (non-hydrogen) atoms. The third kappa shape index (κ3) is 4.16. The van der Waals surface area contributed by atoms with E-state index in [0.717, 1.165) is 68.9 Å². The lowest BCUT2D eigenvalue weighted by molar-refractivity contribution is -0.141. The van der Waals surface area contributed by atoms with Gasteiger partial charge >= 0.3 is 0 Å². The van der Waals surface area contributed by atoms with Gasteiger partial charge in [-0.2, -0.15) is 0 Å². The molecule has 1 aliphatic carbocycles. The van der Waals surface area contributed by atoms with Crippen LogP contribution in [0.25, 0.3) is 0 Å². The predicted octanol–water partition coefficient (Wildman–Crippen LogP) is 4.08. The lowest BCUT2D eigenvalue weighted by Crippen LogP contribution is -2.45. The number of amides is 2. The molecule has 2 saturated heterocycles. The van der Waals surface area contributed by atoms with Crippen molar-refractivity contribution >= 4 is 23.4 Å². The number of carbonyl (C=O) groups excluding carboxylic acids is 2. The molecule has 1 saturated carbocycles. The van der Waals surface area contributed by atoms with Crippen molar-refractivity contribution in [2.75, 3.05) is 26.2 Å². The van der Waals surface area contributed by atoms with Gasteiger partial charge in [0.15, 0.2) is 0 Å². The maximum atomic E-state index is 12.9. The number of benzene rings is 1. The number of piperidine rings is 1. The summed E-state index contributed by atoms with van der Waals surface area (Å²) in [6.45, 7) is 3.27. The summed E-state index contributed by atoms with van der Waals surface area (Å²) in [5, 5.41) is 0.763. The van der Waals surface area contributed by atoms with Crippen LogP contribution in [0.5, 0.6) is 0 Å². The van der Waals surface area contributed by atoms with E-state index in [-0.39, 0.29) is 23.7 Å². The van der Waals surface area contributed by atoms with Gasteiger partial charge in [-0.25, -0.2) is 0 Å². The van der Waals surface area contributed by atoms with Crippen molar-refractivity contribution in [1.82, 2.24) is 9.80 Å². The Labute approximate surface area is 166 Å². The van der Waals surface area contributed by atoms with Gasteiger partial charge in [0, 0.05) is 43.0 Å². The molecule has 2 heterocycles. The first-order chi connectivity index (χ1) is 13.1. The third-order valence-corrected chi connectivity index (χ3v) is 6.83. The fourth-order valence-corrected chi connectivity index (χ4v) is 4.99. The van der Waals surface area contributed by atoms with Gasteiger partial charge in [-0.15, -0.1) is 0 Å². The Kier molecular flexibility index (Phi) is 5.72. The smallest absolute Gasteiger partial charge is 0.226 e. The standard InChI is InChI=1S/C22H29ClN2O2/c23-20-8-4-3-7-17(20)18-15-19(18)22(27)25-13-9-16(10-14-25)21(26)24-11-5-1-2-6-12-24/h3-4,7-8,16,18-19H,1-2,5-6,9-15H2. The molecule has 2 aliphatic heterocycles. The van der Waals surface area contributed by atoms with E-state index in [1.165, 1.54) is 12.8 Å². The minimum absolute atomic E-state index is 0.0720. The van der Waals surface area contributed by atoms with Crippen LogP contribution in [0, 0.1) is 11.8 Å². The molecule has 0 N–H and O–H groups in total.